The van der Waals surface area contributed by atoms with Crippen LogP contribution in [0, 0.1) is 0 Å². The molecule has 0 radical (unpaired) electrons. The minimum Gasteiger partial charge on any atom is -0.461 e. The van der Waals surface area contributed by atoms with E-state index in [2.05, 4.69) is 9.55 Å². The standard InChI is InChI=1S/C15H24N2O3/c1-3-20-15(18)14-12(8-5-7-11-19-2)17-10-6-4-9-13(17)16-14/h3-11H2,1-2H3. The van der Waals surface area contributed by atoms with Crippen LogP contribution in [0.2, 0.25) is 0 Å². The molecule has 0 bridgehead atoms. The third-order valence-corrected chi connectivity index (χ3v) is 3.66. The maximum Gasteiger partial charge on any atom is 0.358 e. The molecule has 0 aliphatic carbocycles. The Bertz CT molecular complexity index is 454. The zero-order chi connectivity index (χ0) is 14.4. The number of imidazole rings is 1. The van der Waals surface area contributed by atoms with Crippen LogP contribution in [-0.4, -0.2) is 35.8 Å². The molecule has 0 fully saturated rings. The van der Waals surface area contributed by atoms with Crippen molar-refractivity contribution in [2.45, 2.75) is 52.0 Å². The number of unbranched alkanes of at least 4 members (excludes halogenated alkanes) is 1. The van der Waals surface area contributed by atoms with Crippen LogP contribution in [-0.2, 0) is 28.9 Å². The fourth-order valence-corrected chi connectivity index (χ4v) is 2.70. The molecule has 0 aromatic carbocycles. The number of rotatable bonds is 7. The lowest BCUT2D eigenvalue weighted by Crippen LogP contribution is -2.14. The van der Waals surface area contributed by atoms with Crippen LogP contribution in [0.25, 0.3) is 0 Å². The maximum absolute atomic E-state index is 12.0. The van der Waals surface area contributed by atoms with Gasteiger partial charge in [0.05, 0.1) is 12.3 Å². The summed E-state index contributed by atoms with van der Waals surface area (Å²) >= 11 is 0. The van der Waals surface area contributed by atoms with Crippen LogP contribution in [0.3, 0.4) is 0 Å². The monoisotopic (exact) mass is 280 g/mol. The predicted molar refractivity (Wildman–Crippen MR) is 75.9 cm³/mol. The van der Waals surface area contributed by atoms with Crippen molar-refractivity contribution in [3.8, 4) is 0 Å². The van der Waals surface area contributed by atoms with Crippen molar-refractivity contribution in [3.05, 3.63) is 17.2 Å². The molecule has 0 atom stereocenters. The highest BCUT2D eigenvalue weighted by Gasteiger charge is 2.24. The number of carbonyl (C=O) groups is 1. The second-order valence-corrected chi connectivity index (χ2v) is 5.10. The van der Waals surface area contributed by atoms with Gasteiger partial charge in [-0.3, -0.25) is 0 Å². The highest BCUT2D eigenvalue weighted by Crippen LogP contribution is 2.22. The van der Waals surface area contributed by atoms with Crippen molar-refractivity contribution in [1.82, 2.24) is 9.55 Å². The molecule has 20 heavy (non-hydrogen) atoms. The van der Waals surface area contributed by atoms with Gasteiger partial charge in [0.2, 0.25) is 0 Å². The largest absolute Gasteiger partial charge is 0.461 e. The number of aromatic nitrogens is 2. The van der Waals surface area contributed by atoms with Gasteiger partial charge in [-0.05, 0) is 39.0 Å². The second kappa shape index (κ2) is 7.43. The van der Waals surface area contributed by atoms with Gasteiger partial charge in [-0.1, -0.05) is 0 Å². The highest BCUT2D eigenvalue weighted by atomic mass is 16.5. The number of aryl methyl sites for hydroxylation is 1. The number of hydrogen-bond donors (Lipinski definition) is 0. The molecular formula is C15H24N2O3. The second-order valence-electron chi connectivity index (χ2n) is 5.10. The van der Waals surface area contributed by atoms with E-state index in [1.807, 2.05) is 6.92 Å². The molecule has 0 spiro atoms. The molecule has 2 heterocycles. The number of ether oxygens (including phenoxy) is 2. The molecule has 1 aromatic heterocycles. The fraction of sp³-hybridized carbons (Fsp3) is 0.733. The van der Waals surface area contributed by atoms with Gasteiger partial charge in [0.15, 0.2) is 5.69 Å². The summed E-state index contributed by atoms with van der Waals surface area (Å²) in [5, 5.41) is 0. The van der Waals surface area contributed by atoms with Crippen LogP contribution in [0.1, 0.15) is 54.6 Å². The van der Waals surface area contributed by atoms with E-state index in [-0.39, 0.29) is 5.97 Å². The van der Waals surface area contributed by atoms with E-state index in [0.29, 0.717) is 12.3 Å². The van der Waals surface area contributed by atoms with Gasteiger partial charge in [0, 0.05) is 26.7 Å². The first-order valence-electron chi connectivity index (χ1n) is 7.52. The number of esters is 1. The zero-order valence-corrected chi connectivity index (χ0v) is 12.5. The predicted octanol–water partition coefficient (Wildman–Crippen LogP) is 2.37. The summed E-state index contributed by atoms with van der Waals surface area (Å²) in [6, 6.07) is 0. The SMILES string of the molecule is CCOC(=O)c1nc2n(c1CCCCOC)CCCC2. The van der Waals surface area contributed by atoms with Crippen molar-refractivity contribution in [1.29, 1.82) is 0 Å². The minimum atomic E-state index is -0.281. The van der Waals surface area contributed by atoms with Gasteiger partial charge in [0.25, 0.3) is 0 Å². The van der Waals surface area contributed by atoms with E-state index in [1.54, 1.807) is 7.11 Å². The number of nitrogens with zero attached hydrogens (tertiary/aromatic N) is 2. The molecule has 1 aliphatic heterocycles. The zero-order valence-electron chi connectivity index (χ0n) is 12.5. The summed E-state index contributed by atoms with van der Waals surface area (Å²) in [5.74, 6) is 0.761. The van der Waals surface area contributed by atoms with Crippen molar-refractivity contribution in [2.75, 3.05) is 20.3 Å². The molecule has 2 rings (SSSR count). The summed E-state index contributed by atoms with van der Waals surface area (Å²) in [7, 11) is 1.71. The Morgan fingerprint density at radius 3 is 2.95 bits per heavy atom. The Kier molecular flexibility index (Phi) is 5.59. The molecule has 5 heteroatoms. The highest BCUT2D eigenvalue weighted by molar-refractivity contribution is 5.88. The molecule has 0 unspecified atom stereocenters. The van der Waals surface area contributed by atoms with Crippen LogP contribution in [0.15, 0.2) is 0 Å². The molecule has 0 N–H and O–H groups in total. The molecule has 0 saturated heterocycles. The molecule has 112 valence electrons. The summed E-state index contributed by atoms with van der Waals surface area (Å²) in [5.41, 5.74) is 1.58. The first-order valence-corrected chi connectivity index (χ1v) is 7.52. The van der Waals surface area contributed by atoms with Crippen molar-refractivity contribution in [3.63, 3.8) is 0 Å². The molecule has 1 aliphatic rings. The van der Waals surface area contributed by atoms with Crippen molar-refractivity contribution in [2.24, 2.45) is 0 Å². The summed E-state index contributed by atoms with van der Waals surface area (Å²) in [6.45, 7) is 3.95. The lowest BCUT2D eigenvalue weighted by atomic mass is 10.1. The maximum atomic E-state index is 12.0. The van der Waals surface area contributed by atoms with E-state index in [0.717, 1.165) is 63.2 Å². The van der Waals surface area contributed by atoms with Gasteiger partial charge < -0.3 is 14.0 Å². The molecule has 0 saturated carbocycles. The molecule has 5 nitrogen and oxygen atoms in total. The average Bonchev–Trinajstić information content (AvgIpc) is 2.83. The first kappa shape index (κ1) is 15.0. The average molecular weight is 280 g/mol. The van der Waals surface area contributed by atoms with Crippen molar-refractivity contribution >= 4 is 5.97 Å². The summed E-state index contributed by atoms with van der Waals surface area (Å²) < 4.78 is 12.4. The Labute approximate surface area is 120 Å². The van der Waals surface area contributed by atoms with E-state index in [4.69, 9.17) is 9.47 Å². The quantitative estimate of drug-likeness (QED) is 0.568. The lowest BCUT2D eigenvalue weighted by molar-refractivity contribution is 0.0518. The van der Waals surface area contributed by atoms with E-state index < -0.39 is 0 Å². The smallest absolute Gasteiger partial charge is 0.358 e. The van der Waals surface area contributed by atoms with E-state index in [9.17, 15) is 4.79 Å². The molecular weight excluding hydrogens is 256 g/mol. The van der Waals surface area contributed by atoms with Gasteiger partial charge in [-0.15, -0.1) is 0 Å². The third-order valence-electron chi connectivity index (χ3n) is 3.66. The molecule has 1 aromatic rings. The Hall–Kier alpha value is -1.36. The van der Waals surface area contributed by atoms with E-state index in [1.165, 1.54) is 0 Å². The number of methoxy groups -OCH3 is 1. The van der Waals surface area contributed by atoms with Gasteiger partial charge >= 0.3 is 5.97 Å². The van der Waals surface area contributed by atoms with Crippen molar-refractivity contribution < 1.29 is 14.3 Å². The van der Waals surface area contributed by atoms with Crippen LogP contribution in [0.4, 0.5) is 0 Å². The Balaban J connectivity index is 2.16. The molecule has 0 amide bonds. The fourth-order valence-electron chi connectivity index (χ4n) is 2.70. The van der Waals surface area contributed by atoms with Gasteiger partial charge in [0.1, 0.15) is 5.82 Å². The van der Waals surface area contributed by atoms with E-state index >= 15 is 0 Å². The number of fused-ring (bicyclic) bond motifs is 1. The topological polar surface area (TPSA) is 53.3 Å². The number of hydrogen-bond acceptors (Lipinski definition) is 4. The lowest BCUT2D eigenvalue weighted by Gasteiger charge is -2.16. The number of carbonyl (C=O) groups excluding carboxylic acids is 1. The Morgan fingerprint density at radius 1 is 1.35 bits per heavy atom. The van der Waals surface area contributed by atoms with Gasteiger partial charge in [-0.2, -0.15) is 0 Å². The first-order chi connectivity index (χ1) is 9.77. The summed E-state index contributed by atoms with van der Waals surface area (Å²) in [4.78, 5) is 16.6. The van der Waals surface area contributed by atoms with Gasteiger partial charge in [-0.25, -0.2) is 9.78 Å². The van der Waals surface area contributed by atoms with Crippen LogP contribution >= 0.6 is 0 Å². The van der Waals surface area contributed by atoms with Crippen LogP contribution < -0.4 is 0 Å². The minimum absolute atomic E-state index is 0.281. The third kappa shape index (κ3) is 3.39. The normalized spacial score (nSPS) is 14.1. The Morgan fingerprint density at radius 2 is 2.20 bits per heavy atom. The summed E-state index contributed by atoms with van der Waals surface area (Å²) in [6.07, 6.45) is 6.15. The van der Waals surface area contributed by atoms with Crippen LogP contribution in [0.5, 0.6) is 0 Å².